The number of aliphatic hydroxyl groups is 1. The van der Waals surface area contributed by atoms with E-state index in [1.807, 2.05) is 4.84 Å². The molecule has 15 heavy (non-hydrogen) atoms. The van der Waals surface area contributed by atoms with Crippen LogP contribution in [-0.2, 0) is 9.59 Å². The molecule has 0 aliphatic carbocycles. The fourth-order valence-corrected chi connectivity index (χ4v) is 0.767. The van der Waals surface area contributed by atoms with Crippen LogP contribution in [0.15, 0.2) is 0 Å². The normalized spacial score (nSPS) is 8.73. The van der Waals surface area contributed by atoms with E-state index in [1.54, 1.807) is 7.05 Å². The fourth-order valence-electron chi connectivity index (χ4n) is 0.672. The van der Waals surface area contributed by atoms with Crippen molar-refractivity contribution in [2.75, 3.05) is 20.2 Å². The second-order valence-corrected chi connectivity index (χ2v) is 2.95. The van der Waals surface area contributed by atoms with Crippen LogP contribution in [0.3, 0.4) is 0 Å². The van der Waals surface area contributed by atoms with E-state index in [0.29, 0.717) is 19.4 Å². The Morgan fingerprint density at radius 2 is 2.13 bits per heavy atom. The van der Waals surface area contributed by atoms with Crippen molar-refractivity contribution in [3.05, 3.63) is 0 Å². The lowest BCUT2D eigenvalue weighted by atomic mass is 10.2. The monoisotopic (exact) mass is 238 g/mol. The van der Waals surface area contributed by atoms with Crippen molar-refractivity contribution in [1.82, 2.24) is 10.2 Å². The second kappa shape index (κ2) is 15.8. The first-order valence-corrected chi connectivity index (χ1v) is 5.19. The molecular weight excluding hydrogens is 220 g/mol. The van der Waals surface area contributed by atoms with Gasteiger partial charge in [0.15, 0.2) is 0 Å². The second-order valence-electron chi connectivity index (χ2n) is 2.76. The van der Waals surface area contributed by atoms with Crippen LogP contribution in [0.25, 0.3) is 0 Å². The molecule has 5 nitrogen and oxygen atoms in total. The van der Waals surface area contributed by atoms with Crippen LogP contribution in [0.4, 0.5) is 0 Å². The molecule has 90 valence electrons. The van der Waals surface area contributed by atoms with E-state index in [4.69, 9.17) is 16.9 Å². The molecule has 0 bridgehead atoms. The predicted molar refractivity (Wildman–Crippen MR) is 59.5 cm³/mol. The van der Waals surface area contributed by atoms with Gasteiger partial charge in [0.1, 0.15) is 6.29 Å². The quantitative estimate of drug-likeness (QED) is 0.337. The van der Waals surface area contributed by atoms with Gasteiger partial charge in [0.05, 0.1) is 6.61 Å². The van der Waals surface area contributed by atoms with Gasteiger partial charge in [-0.05, 0) is 19.9 Å². The van der Waals surface area contributed by atoms with E-state index in [2.05, 4.69) is 5.32 Å². The Morgan fingerprint density at radius 3 is 2.47 bits per heavy atom. The molecule has 0 heterocycles. The minimum absolute atomic E-state index is 0.187. The summed E-state index contributed by atoms with van der Waals surface area (Å²) in [5.41, 5.74) is 0. The molecule has 0 fully saturated rings. The summed E-state index contributed by atoms with van der Waals surface area (Å²) in [5.74, 6) is -0.187. The number of unbranched alkanes of at least 4 members (excludes halogenated alkanes) is 2. The predicted octanol–water partition coefficient (Wildman–Crippen LogP) is 0.214. The highest BCUT2D eigenvalue weighted by Gasteiger charge is 1.96. The molecule has 1 amide bonds. The number of likely N-dealkylation sites (N-methyl/N-ethyl adjacent to an activating group) is 1. The molecule has 0 saturated heterocycles. The van der Waals surface area contributed by atoms with Crippen molar-refractivity contribution in [3.63, 3.8) is 0 Å². The molecule has 0 aromatic heterocycles. The fraction of sp³-hybridized carbons (Fsp3) is 0.778. The minimum atomic E-state index is -0.187. The average molecular weight is 239 g/mol. The van der Waals surface area contributed by atoms with Crippen molar-refractivity contribution in [2.24, 2.45) is 0 Å². The summed E-state index contributed by atoms with van der Waals surface area (Å²) in [7, 11) is 1.80. The van der Waals surface area contributed by atoms with Crippen molar-refractivity contribution < 1.29 is 14.7 Å². The topological polar surface area (TPSA) is 78.4 Å². The van der Waals surface area contributed by atoms with Crippen LogP contribution >= 0.6 is 11.8 Å². The Kier molecular flexibility index (Phi) is 17.7. The molecule has 0 unspecified atom stereocenters. The summed E-state index contributed by atoms with van der Waals surface area (Å²) in [6.07, 6.45) is 3.25. The summed E-state index contributed by atoms with van der Waals surface area (Å²) < 4.78 is 0. The smallest absolute Gasteiger partial charge is 0.234 e. The largest absolute Gasteiger partial charge is 0.395 e. The molecule has 6 heteroatoms. The van der Waals surface area contributed by atoms with E-state index in [9.17, 15) is 9.59 Å². The van der Waals surface area contributed by atoms with Crippen LogP contribution in [0, 0.1) is 0 Å². The highest BCUT2D eigenvalue weighted by Crippen LogP contribution is 1.97. The van der Waals surface area contributed by atoms with Crippen LogP contribution in [0.1, 0.15) is 25.7 Å². The van der Waals surface area contributed by atoms with Crippen LogP contribution < -0.4 is 10.2 Å². The van der Waals surface area contributed by atoms with E-state index in [0.717, 1.165) is 19.1 Å². The maximum atomic E-state index is 10.4. The molecule has 0 saturated carbocycles. The Labute approximate surface area is 95.3 Å². The molecule has 0 aliphatic heterocycles. The zero-order valence-electron chi connectivity index (χ0n) is 8.96. The van der Waals surface area contributed by atoms with Crippen molar-refractivity contribution >= 4 is 24.0 Å². The SMILES string of the molecule is CNCCO.O=CCCCCC(=O)NCl. The van der Waals surface area contributed by atoms with Gasteiger partial charge in [-0.1, -0.05) is 0 Å². The molecule has 0 radical (unpaired) electrons. The third-order valence-electron chi connectivity index (χ3n) is 1.44. The average Bonchev–Trinajstić information content (AvgIpc) is 2.26. The number of aliphatic hydroxyl groups excluding tert-OH is 1. The van der Waals surface area contributed by atoms with Gasteiger partial charge >= 0.3 is 0 Å². The highest BCUT2D eigenvalue weighted by atomic mass is 35.5. The van der Waals surface area contributed by atoms with Gasteiger partial charge in [0.2, 0.25) is 5.91 Å². The molecule has 0 aromatic carbocycles. The van der Waals surface area contributed by atoms with E-state index in [-0.39, 0.29) is 12.5 Å². The molecule has 0 aromatic rings. The number of hydrogen-bond donors (Lipinski definition) is 3. The summed E-state index contributed by atoms with van der Waals surface area (Å²) in [6.45, 7) is 0.927. The molecule has 0 aliphatic rings. The van der Waals surface area contributed by atoms with Crippen LogP contribution in [0.2, 0.25) is 0 Å². The number of carbonyl (C=O) groups excluding carboxylic acids is 2. The number of aldehydes is 1. The number of nitrogens with one attached hydrogen (secondary N) is 2. The summed E-state index contributed by atoms with van der Waals surface area (Å²) >= 11 is 5.00. The number of hydrogen-bond acceptors (Lipinski definition) is 4. The van der Waals surface area contributed by atoms with Crippen molar-refractivity contribution in [3.8, 4) is 0 Å². The maximum Gasteiger partial charge on any atom is 0.234 e. The van der Waals surface area contributed by atoms with Gasteiger partial charge < -0.3 is 15.2 Å². The third kappa shape index (κ3) is 19.7. The summed E-state index contributed by atoms with van der Waals surface area (Å²) in [6, 6.07) is 0. The van der Waals surface area contributed by atoms with Gasteiger partial charge in [-0.2, -0.15) is 0 Å². The minimum Gasteiger partial charge on any atom is -0.395 e. The van der Waals surface area contributed by atoms with E-state index >= 15 is 0 Å². The van der Waals surface area contributed by atoms with Gasteiger partial charge in [-0.25, -0.2) is 0 Å². The summed E-state index contributed by atoms with van der Waals surface area (Å²) in [5, 5.41) is 10.8. The number of amides is 1. The van der Waals surface area contributed by atoms with Gasteiger partial charge in [0, 0.05) is 31.2 Å². The Morgan fingerprint density at radius 1 is 1.47 bits per heavy atom. The molecular formula is C9H19ClN2O3. The highest BCUT2D eigenvalue weighted by molar-refractivity contribution is 6.21. The van der Waals surface area contributed by atoms with Crippen molar-refractivity contribution in [1.29, 1.82) is 0 Å². The third-order valence-corrected chi connectivity index (χ3v) is 1.65. The zero-order valence-corrected chi connectivity index (χ0v) is 9.72. The summed E-state index contributed by atoms with van der Waals surface area (Å²) in [4.78, 5) is 22.2. The number of rotatable bonds is 7. The molecule has 0 rings (SSSR count). The first kappa shape index (κ1) is 16.8. The van der Waals surface area contributed by atoms with E-state index in [1.165, 1.54) is 0 Å². The Balaban J connectivity index is 0. The van der Waals surface area contributed by atoms with Crippen LogP contribution in [-0.4, -0.2) is 37.5 Å². The standard InChI is InChI=1S/C6H10ClNO2.C3H9NO/c7-8-6(10)4-2-1-3-5-9;1-4-2-3-5/h5H,1-4H2,(H,8,10);4-5H,2-3H2,1H3. The van der Waals surface area contributed by atoms with Crippen LogP contribution in [0.5, 0.6) is 0 Å². The lowest BCUT2D eigenvalue weighted by Gasteiger charge is -1.94. The lowest BCUT2D eigenvalue weighted by molar-refractivity contribution is -0.119. The van der Waals surface area contributed by atoms with E-state index < -0.39 is 0 Å². The lowest BCUT2D eigenvalue weighted by Crippen LogP contribution is -2.11. The van der Waals surface area contributed by atoms with Crippen molar-refractivity contribution in [2.45, 2.75) is 25.7 Å². The zero-order chi connectivity index (χ0) is 11.9. The first-order valence-electron chi connectivity index (χ1n) is 4.81. The van der Waals surface area contributed by atoms with Gasteiger partial charge in [-0.3, -0.25) is 9.63 Å². The number of halogens is 1. The molecule has 3 N–H and O–H groups in total. The van der Waals surface area contributed by atoms with Gasteiger partial charge in [0.25, 0.3) is 0 Å². The molecule has 0 atom stereocenters. The number of carbonyl (C=O) groups is 2. The Bertz CT molecular complexity index is 154. The molecule has 0 spiro atoms. The first-order chi connectivity index (χ1) is 7.22. The van der Waals surface area contributed by atoms with Gasteiger partial charge in [-0.15, -0.1) is 0 Å². The Hall–Kier alpha value is -0.650. The maximum absolute atomic E-state index is 10.4.